The zero-order chi connectivity index (χ0) is 15.6. The first-order valence-corrected chi connectivity index (χ1v) is 7.93. The molecular formula is C17H27Cl2N. The van der Waals surface area contributed by atoms with Crippen molar-refractivity contribution in [2.45, 2.75) is 53.5 Å². The maximum atomic E-state index is 6.11. The van der Waals surface area contributed by atoms with Crippen molar-refractivity contribution in [3.8, 4) is 0 Å². The first kappa shape index (κ1) is 17.8. The van der Waals surface area contributed by atoms with E-state index in [4.69, 9.17) is 23.2 Å². The second-order valence-electron chi connectivity index (χ2n) is 7.65. The molecule has 1 unspecified atom stereocenters. The molecule has 1 rings (SSSR count). The van der Waals surface area contributed by atoms with Crippen molar-refractivity contribution >= 4 is 23.2 Å². The molecule has 1 aromatic rings. The third-order valence-electron chi connectivity index (χ3n) is 3.57. The highest BCUT2D eigenvalue weighted by Crippen LogP contribution is 2.31. The van der Waals surface area contributed by atoms with Crippen molar-refractivity contribution < 1.29 is 0 Å². The fourth-order valence-electron chi connectivity index (χ4n) is 2.07. The normalized spacial score (nSPS) is 14.4. The molecule has 0 bridgehead atoms. The lowest BCUT2D eigenvalue weighted by Crippen LogP contribution is -2.42. The monoisotopic (exact) mass is 315 g/mol. The molecule has 0 amide bonds. The molecule has 0 aliphatic rings. The first-order valence-electron chi connectivity index (χ1n) is 7.18. The van der Waals surface area contributed by atoms with E-state index in [1.54, 1.807) is 0 Å². The third-order valence-corrected chi connectivity index (χ3v) is 4.31. The summed E-state index contributed by atoms with van der Waals surface area (Å²) in [4.78, 5) is 0. The van der Waals surface area contributed by atoms with Crippen LogP contribution in [0.1, 0.15) is 47.1 Å². The summed E-state index contributed by atoms with van der Waals surface area (Å²) >= 11 is 12.1. The van der Waals surface area contributed by atoms with Gasteiger partial charge in [-0.3, -0.25) is 0 Å². The average molecular weight is 316 g/mol. The van der Waals surface area contributed by atoms with Crippen molar-refractivity contribution in [1.82, 2.24) is 5.32 Å². The van der Waals surface area contributed by atoms with Gasteiger partial charge in [0.15, 0.2) is 0 Å². The summed E-state index contributed by atoms with van der Waals surface area (Å²) in [7, 11) is 0. The third kappa shape index (κ3) is 6.03. The van der Waals surface area contributed by atoms with Gasteiger partial charge < -0.3 is 5.32 Å². The molecule has 1 N–H and O–H groups in total. The Morgan fingerprint density at radius 3 is 2.05 bits per heavy atom. The zero-order valence-electron chi connectivity index (χ0n) is 13.5. The van der Waals surface area contributed by atoms with Gasteiger partial charge in [-0.25, -0.2) is 0 Å². The molecule has 1 nitrogen and oxygen atoms in total. The van der Waals surface area contributed by atoms with E-state index >= 15 is 0 Å². The Morgan fingerprint density at radius 1 is 1.00 bits per heavy atom. The molecule has 0 spiro atoms. The Kier molecular flexibility index (Phi) is 5.95. The van der Waals surface area contributed by atoms with E-state index in [-0.39, 0.29) is 11.0 Å². The summed E-state index contributed by atoms with van der Waals surface area (Å²) in [6.45, 7) is 14.5. The minimum atomic E-state index is 0.140. The Morgan fingerprint density at radius 2 is 1.60 bits per heavy atom. The molecule has 0 aliphatic carbocycles. The van der Waals surface area contributed by atoms with E-state index in [0.717, 1.165) is 13.0 Å². The predicted molar refractivity (Wildman–Crippen MR) is 90.9 cm³/mol. The molecule has 114 valence electrons. The van der Waals surface area contributed by atoms with Crippen molar-refractivity contribution in [3.05, 3.63) is 33.8 Å². The van der Waals surface area contributed by atoms with Crippen LogP contribution in [0.4, 0.5) is 0 Å². The van der Waals surface area contributed by atoms with Crippen LogP contribution in [-0.4, -0.2) is 12.1 Å². The molecular weight excluding hydrogens is 289 g/mol. The first-order chi connectivity index (χ1) is 8.99. The number of halogens is 2. The number of nitrogens with one attached hydrogen (secondary N) is 1. The summed E-state index contributed by atoms with van der Waals surface area (Å²) in [6, 6.07) is 5.94. The number of hydrogen-bond acceptors (Lipinski definition) is 1. The molecule has 0 aromatic heterocycles. The van der Waals surface area contributed by atoms with Crippen LogP contribution in [0.25, 0.3) is 0 Å². The smallest absolute Gasteiger partial charge is 0.0595 e. The van der Waals surface area contributed by atoms with Crippen molar-refractivity contribution in [2.24, 2.45) is 11.3 Å². The van der Waals surface area contributed by atoms with Gasteiger partial charge >= 0.3 is 0 Å². The summed E-state index contributed by atoms with van der Waals surface area (Å²) in [5.74, 6) is 0.541. The Balaban J connectivity index is 2.82. The van der Waals surface area contributed by atoms with E-state index in [1.807, 2.05) is 12.1 Å². The summed E-state index contributed by atoms with van der Waals surface area (Å²) in [6.07, 6.45) is 1.00. The topological polar surface area (TPSA) is 12.0 Å². The quantitative estimate of drug-likeness (QED) is 0.764. The van der Waals surface area contributed by atoms with Crippen molar-refractivity contribution in [3.63, 3.8) is 0 Å². The Labute approximate surface area is 134 Å². The Bertz CT molecular complexity index is 441. The van der Waals surface area contributed by atoms with E-state index in [0.29, 0.717) is 16.0 Å². The zero-order valence-corrected chi connectivity index (χ0v) is 15.0. The second kappa shape index (κ2) is 6.68. The molecule has 20 heavy (non-hydrogen) atoms. The Hall–Kier alpha value is -0.240. The number of hydrogen-bond donors (Lipinski definition) is 1. The lowest BCUT2D eigenvalue weighted by Gasteiger charge is -2.34. The fraction of sp³-hybridized carbons (Fsp3) is 0.647. The molecule has 0 radical (unpaired) electrons. The van der Waals surface area contributed by atoms with E-state index in [9.17, 15) is 0 Å². The fourth-order valence-corrected chi connectivity index (χ4v) is 2.39. The SMILES string of the molecule is CC(C)(C)NCC(Cc1ccc(Cl)c(Cl)c1)C(C)(C)C. The van der Waals surface area contributed by atoms with Crippen LogP contribution in [0, 0.1) is 11.3 Å². The molecule has 0 heterocycles. The van der Waals surface area contributed by atoms with Gasteiger partial charge in [-0.05, 0) is 62.8 Å². The van der Waals surface area contributed by atoms with Gasteiger partial charge in [0.2, 0.25) is 0 Å². The standard InChI is InChI=1S/C17H27Cl2N/c1-16(2,3)13(11-20-17(4,5)6)9-12-7-8-14(18)15(19)10-12/h7-8,10,13,20H,9,11H2,1-6H3. The molecule has 1 aromatic carbocycles. The molecule has 3 heteroatoms. The highest BCUT2D eigenvalue weighted by Gasteiger charge is 2.26. The van der Waals surface area contributed by atoms with E-state index in [2.05, 4.69) is 52.9 Å². The summed E-state index contributed by atoms with van der Waals surface area (Å²) < 4.78 is 0. The van der Waals surface area contributed by atoms with Crippen LogP contribution in [0.3, 0.4) is 0 Å². The molecule has 1 atom stereocenters. The molecule has 0 fully saturated rings. The van der Waals surface area contributed by atoms with Crippen molar-refractivity contribution in [2.75, 3.05) is 6.54 Å². The predicted octanol–water partition coefficient (Wildman–Crippen LogP) is 5.59. The van der Waals surface area contributed by atoms with Gasteiger partial charge in [-0.2, -0.15) is 0 Å². The van der Waals surface area contributed by atoms with Gasteiger partial charge in [-0.15, -0.1) is 0 Å². The van der Waals surface area contributed by atoms with Gasteiger partial charge in [0.25, 0.3) is 0 Å². The van der Waals surface area contributed by atoms with E-state index in [1.165, 1.54) is 5.56 Å². The van der Waals surface area contributed by atoms with Crippen LogP contribution in [0.5, 0.6) is 0 Å². The van der Waals surface area contributed by atoms with Crippen molar-refractivity contribution in [1.29, 1.82) is 0 Å². The van der Waals surface area contributed by atoms with E-state index < -0.39 is 0 Å². The van der Waals surface area contributed by atoms with Crippen LogP contribution in [0.15, 0.2) is 18.2 Å². The number of benzene rings is 1. The van der Waals surface area contributed by atoms with Crippen LogP contribution in [-0.2, 0) is 6.42 Å². The highest BCUT2D eigenvalue weighted by molar-refractivity contribution is 6.42. The van der Waals surface area contributed by atoms with Crippen LogP contribution in [0.2, 0.25) is 10.0 Å². The molecule has 0 saturated carbocycles. The average Bonchev–Trinajstić information content (AvgIpc) is 2.26. The second-order valence-corrected chi connectivity index (χ2v) is 8.46. The van der Waals surface area contributed by atoms with Crippen LogP contribution < -0.4 is 5.32 Å². The number of rotatable bonds is 4. The van der Waals surface area contributed by atoms with Gasteiger partial charge in [0.1, 0.15) is 0 Å². The highest BCUT2D eigenvalue weighted by atomic mass is 35.5. The van der Waals surface area contributed by atoms with Crippen LogP contribution >= 0.6 is 23.2 Å². The minimum absolute atomic E-state index is 0.140. The lowest BCUT2D eigenvalue weighted by molar-refractivity contribution is 0.214. The maximum absolute atomic E-state index is 6.11. The van der Waals surface area contributed by atoms with Gasteiger partial charge in [0, 0.05) is 5.54 Å². The summed E-state index contributed by atoms with van der Waals surface area (Å²) in [5.41, 5.74) is 1.63. The molecule has 0 saturated heterocycles. The maximum Gasteiger partial charge on any atom is 0.0595 e. The largest absolute Gasteiger partial charge is 0.312 e. The van der Waals surface area contributed by atoms with Gasteiger partial charge in [0.05, 0.1) is 10.0 Å². The minimum Gasteiger partial charge on any atom is -0.312 e. The molecule has 0 aliphatic heterocycles. The van der Waals surface area contributed by atoms with Gasteiger partial charge in [-0.1, -0.05) is 50.0 Å². The lowest BCUT2D eigenvalue weighted by atomic mass is 9.77. The summed E-state index contributed by atoms with van der Waals surface area (Å²) in [5, 5.41) is 4.88.